The highest BCUT2D eigenvalue weighted by Gasteiger charge is 2.69. The topological polar surface area (TPSA) is 244 Å². The van der Waals surface area contributed by atoms with Crippen LogP contribution in [0, 0.1) is 17.8 Å². The van der Waals surface area contributed by atoms with Gasteiger partial charge in [-0.25, -0.2) is 0 Å². The van der Waals surface area contributed by atoms with Gasteiger partial charge in [0.1, 0.15) is 22.8 Å². The molecule has 0 spiro atoms. The Hall–Kier alpha value is -3.45. The minimum Gasteiger partial charge on any atom is -0.510 e. The minimum atomic E-state index is -3.07. The highest BCUT2D eigenvalue weighted by molar-refractivity contribution is 6.25. The number of benzene rings is 1. The number of likely N-dealkylation sites (N-methyl/N-ethyl adjacent to an activating group) is 1. The first-order valence-corrected chi connectivity index (χ1v) is 14.4. The molecule has 9 N–H and O–H groups in total. The average molecular weight is 635 g/mol. The number of nitrogens with one attached hydrogen (secondary N) is 1. The molecule has 0 radical (unpaired) electrons. The van der Waals surface area contributed by atoms with Crippen LogP contribution < -0.4 is 5.32 Å². The van der Waals surface area contributed by atoms with Gasteiger partial charge in [-0.15, -0.1) is 0 Å². The fraction of sp³-hybridized carbons (Fsp3) is 0.552. The van der Waals surface area contributed by atoms with Crippen molar-refractivity contribution in [1.82, 2.24) is 20.5 Å². The highest BCUT2D eigenvalue weighted by Crippen LogP contribution is 2.56. The van der Waals surface area contributed by atoms with E-state index in [0.717, 1.165) is 0 Å². The van der Waals surface area contributed by atoms with Gasteiger partial charge >= 0.3 is 0 Å². The Morgan fingerprint density at radius 3 is 2.36 bits per heavy atom. The molecule has 1 aromatic carbocycles. The Kier molecular flexibility index (Phi) is 8.58. The van der Waals surface area contributed by atoms with Crippen LogP contribution in [0.5, 0.6) is 5.75 Å². The van der Waals surface area contributed by atoms with Gasteiger partial charge in [0, 0.05) is 13.1 Å². The molecule has 1 unspecified atom stereocenters. The molecule has 1 saturated heterocycles. The van der Waals surface area contributed by atoms with Crippen LogP contribution in [-0.4, -0.2) is 132 Å². The number of aliphatic hydroxyl groups excluding tert-OH is 3. The summed E-state index contributed by atoms with van der Waals surface area (Å²) in [5.74, 6) is -9.35. The van der Waals surface area contributed by atoms with Gasteiger partial charge in [-0.05, 0) is 51.4 Å². The van der Waals surface area contributed by atoms with E-state index in [2.05, 4.69) is 10.2 Å². The van der Waals surface area contributed by atoms with Crippen molar-refractivity contribution in [2.45, 2.75) is 43.1 Å². The zero-order valence-corrected chi connectivity index (χ0v) is 24.9. The van der Waals surface area contributed by atoms with Crippen LogP contribution in [-0.2, 0) is 20.0 Å². The van der Waals surface area contributed by atoms with E-state index in [1.807, 2.05) is 4.90 Å². The maximum atomic E-state index is 14.0. The Bertz CT molecular complexity index is 1460. The summed E-state index contributed by atoms with van der Waals surface area (Å²) >= 11 is 0. The molecule has 1 heterocycles. The Morgan fingerprint density at radius 2 is 1.76 bits per heavy atom. The second-order valence-corrected chi connectivity index (χ2v) is 12.5. The molecule has 6 atom stereocenters. The number of phenols is 1. The molecule has 1 aromatic rings. The molecule has 3 aliphatic carbocycles. The molecule has 5 rings (SSSR count). The number of phenolic OH excluding ortho intramolecular Hbond substituents is 1. The third-order valence-electron chi connectivity index (χ3n) is 9.61. The number of nitrogens with zero attached hydrogens (tertiary/aromatic N) is 3. The SMILES string of the molecule is CN(C)C1C(O)=C(C(=O)NCN2CCC(CON(O)O)CC2)C(=O)[C@@]2(O)C(O)=C3C(=O)c4c(O)cccc4[C@@](C)(O)[C@H]3[C@H](O)[C@@H]12. The van der Waals surface area contributed by atoms with Gasteiger partial charge in [-0.3, -0.25) is 39.4 Å². The molecule has 1 aliphatic heterocycles. The molecular formula is C29H38N4O12. The molecule has 45 heavy (non-hydrogen) atoms. The Morgan fingerprint density at radius 1 is 1.11 bits per heavy atom. The maximum Gasteiger partial charge on any atom is 0.259 e. The molecule has 4 aliphatic rings. The van der Waals surface area contributed by atoms with E-state index in [4.69, 9.17) is 10.4 Å². The summed E-state index contributed by atoms with van der Waals surface area (Å²) in [6, 6.07) is 2.51. The average Bonchev–Trinajstić information content (AvgIpc) is 2.97. The number of hydrogen-bond donors (Lipinski definition) is 9. The number of piperidine rings is 1. The summed E-state index contributed by atoms with van der Waals surface area (Å²) in [5.41, 5.74) is -7.14. The number of aromatic hydroxyl groups is 1. The van der Waals surface area contributed by atoms with Crippen LogP contribution in [0.1, 0.15) is 35.7 Å². The van der Waals surface area contributed by atoms with E-state index >= 15 is 0 Å². The number of amides is 1. The molecule has 16 heteroatoms. The first-order valence-electron chi connectivity index (χ1n) is 14.4. The van der Waals surface area contributed by atoms with E-state index in [-0.39, 0.29) is 35.7 Å². The van der Waals surface area contributed by atoms with Crippen molar-refractivity contribution < 1.29 is 60.3 Å². The number of fused-ring (bicyclic) bond motifs is 3. The third-order valence-corrected chi connectivity index (χ3v) is 9.61. The van der Waals surface area contributed by atoms with E-state index in [0.29, 0.717) is 25.9 Å². The lowest BCUT2D eigenvalue weighted by molar-refractivity contribution is -0.494. The fourth-order valence-electron chi connectivity index (χ4n) is 7.34. The van der Waals surface area contributed by atoms with Crippen molar-refractivity contribution in [3.05, 3.63) is 52.0 Å². The predicted molar refractivity (Wildman–Crippen MR) is 150 cm³/mol. The highest BCUT2D eigenvalue weighted by atomic mass is 17.1. The van der Waals surface area contributed by atoms with Crippen molar-refractivity contribution in [1.29, 1.82) is 0 Å². The van der Waals surface area contributed by atoms with Gasteiger partial charge in [0.05, 0.1) is 59.4 Å². The van der Waals surface area contributed by atoms with Crippen molar-refractivity contribution in [2.75, 3.05) is 40.5 Å². The summed E-state index contributed by atoms with van der Waals surface area (Å²) in [6.07, 6.45) is -0.720. The number of ketones is 2. The number of Topliss-reactive ketones (excluding diaryl/α,β-unsaturated/α-hetero) is 2. The number of rotatable bonds is 7. The largest absolute Gasteiger partial charge is 0.510 e. The van der Waals surface area contributed by atoms with Gasteiger partial charge in [-0.2, -0.15) is 0 Å². The number of likely N-dealkylation sites (tertiary alicyclic amines) is 1. The third kappa shape index (κ3) is 5.11. The van der Waals surface area contributed by atoms with Crippen LogP contribution >= 0.6 is 0 Å². The van der Waals surface area contributed by atoms with Gasteiger partial charge in [0.25, 0.3) is 5.91 Å². The van der Waals surface area contributed by atoms with Crippen LogP contribution in [0.3, 0.4) is 0 Å². The molecule has 0 aromatic heterocycles. The van der Waals surface area contributed by atoms with Gasteiger partial charge in [0.15, 0.2) is 11.4 Å². The van der Waals surface area contributed by atoms with Crippen LogP contribution in [0.4, 0.5) is 0 Å². The molecular weight excluding hydrogens is 596 g/mol. The molecule has 0 bridgehead atoms. The van der Waals surface area contributed by atoms with Gasteiger partial charge in [-0.1, -0.05) is 12.1 Å². The number of hydrogen-bond acceptors (Lipinski definition) is 15. The maximum absolute atomic E-state index is 14.0. The zero-order valence-electron chi connectivity index (χ0n) is 24.9. The Balaban J connectivity index is 1.49. The second kappa shape index (κ2) is 11.7. The number of aliphatic hydroxyl groups is 5. The number of carbonyl (C=O) groups is 3. The molecule has 1 amide bonds. The summed E-state index contributed by atoms with van der Waals surface area (Å²) in [5, 5.41) is 88.4. The quantitative estimate of drug-likeness (QED) is 0.130. The summed E-state index contributed by atoms with van der Waals surface area (Å²) in [7, 11) is 2.90. The van der Waals surface area contributed by atoms with Crippen LogP contribution in [0.25, 0.3) is 0 Å². The fourth-order valence-corrected chi connectivity index (χ4v) is 7.34. The van der Waals surface area contributed by atoms with Crippen molar-refractivity contribution in [3.63, 3.8) is 0 Å². The monoisotopic (exact) mass is 634 g/mol. The van der Waals surface area contributed by atoms with E-state index < -0.39 is 81.1 Å². The molecule has 246 valence electrons. The van der Waals surface area contributed by atoms with Gasteiger partial charge < -0.3 is 36.0 Å². The molecule has 16 nitrogen and oxygen atoms in total. The zero-order chi connectivity index (χ0) is 33.2. The first kappa shape index (κ1) is 32.9. The van der Waals surface area contributed by atoms with Crippen molar-refractivity contribution in [3.8, 4) is 5.75 Å². The molecule has 1 fully saturated rings. The van der Waals surface area contributed by atoms with E-state index in [1.165, 1.54) is 44.1 Å². The normalized spacial score (nSPS) is 32.6. The number of carbonyl (C=O) groups excluding carboxylic acids is 3. The van der Waals surface area contributed by atoms with E-state index in [9.17, 15) is 45.0 Å². The summed E-state index contributed by atoms with van der Waals surface area (Å²) < 4.78 is 0. The lowest BCUT2D eigenvalue weighted by Crippen LogP contribution is -2.70. The standard InChI is InChI=1S/C29H38N4O12/c1-28(41)14-5-4-6-15(34)16(14)22(35)17-19(28)24(37)20-21(31(2)3)23(36)18(26(39)29(20,42)25(17)38)27(40)30-12-32-9-7-13(8-10-32)11-45-33(43)44/h4-6,13,19-21,24,34,36-38,41-44H,7-12H2,1-3H3,(H,30,40)/t19-,20-,21?,24+,28-,29+/m1/s1. The minimum absolute atomic E-state index is 0.0205. The summed E-state index contributed by atoms with van der Waals surface area (Å²) in [4.78, 5) is 48.9. The first-order chi connectivity index (χ1) is 21.0. The van der Waals surface area contributed by atoms with Crippen LogP contribution in [0.15, 0.2) is 40.9 Å². The second-order valence-electron chi connectivity index (χ2n) is 12.5. The Labute approximate surface area is 257 Å². The van der Waals surface area contributed by atoms with Crippen molar-refractivity contribution >= 4 is 17.5 Å². The van der Waals surface area contributed by atoms with Crippen molar-refractivity contribution in [2.24, 2.45) is 17.8 Å². The van der Waals surface area contributed by atoms with Gasteiger partial charge in [0.2, 0.25) is 5.78 Å². The van der Waals surface area contributed by atoms with E-state index in [1.54, 1.807) is 0 Å². The lowest BCUT2D eigenvalue weighted by Gasteiger charge is -2.55. The summed E-state index contributed by atoms with van der Waals surface area (Å²) in [6.45, 7) is 2.23. The predicted octanol–water partition coefficient (Wildman–Crippen LogP) is -0.931. The lowest BCUT2D eigenvalue weighted by atomic mass is 9.54. The smallest absolute Gasteiger partial charge is 0.259 e. The van der Waals surface area contributed by atoms with Crippen LogP contribution in [0.2, 0.25) is 0 Å². The molecule has 0 saturated carbocycles.